The molecule has 1 saturated heterocycles. The number of rotatable bonds is 1. The van der Waals surface area contributed by atoms with E-state index in [0.29, 0.717) is 5.95 Å². The predicted molar refractivity (Wildman–Crippen MR) is 53.1 cm³/mol. The van der Waals surface area contributed by atoms with Crippen molar-refractivity contribution < 1.29 is 4.39 Å². The van der Waals surface area contributed by atoms with Crippen molar-refractivity contribution in [1.29, 1.82) is 0 Å². The van der Waals surface area contributed by atoms with Crippen molar-refractivity contribution in [3.05, 3.63) is 18.2 Å². The Morgan fingerprint density at radius 2 is 1.86 bits per heavy atom. The standard InChI is InChI=1S/C9H11ClFN3/c10-7-1-3-14(4-2-7)9-12-5-8(11)6-13-9/h5-7H,1-4H2. The number of hydrogen-bond donors (Lipinski definition) is 0. The second-order valence-electron chi connectivity index (χ2n) is 3.36. The molecule has 1 aliphatic heterocycles. The van der Waals surface area contributed by atoms with E-state index in [1.807, 2.05) is 4.90 Å². The molecule has 0 N–H and O–H groups in total. The number of piperidine rings is 1. The summed E-state index contributed by atoms with van der Waals surface area (Å²) in [5.41, 5.74) is 0. The normalized spacial score (nSPS) is 18.6. The maximum Gasteiger partial charge on any atom is 0.225 e. The summed E-state index contributed by atoms with van der Waals surface area (Å²) in [6, 6.07) is 0. The summed E-state index contributed by atoms with van der Waals surface area (Å²) in [7, 11) is 0. The monoisotopic (exact) mass is 215 g/mol. The Bertz CT molecular complexity index is 295. The van der Waals surface area contributed by atoms with Crippen LogP contribution in [0.5, 0.6) is 0 Å². The molecular weight excluding hydrogens is 205 g/mol. The molecule has 0 aliphatic carbocycles. The minimum Gasteiger partial charge on any atom is -0.341 e. The van der Waals surface area contributed by atoms with Gasteiger partial charge in [0, 0.05) is 18.5 Å². The molecule has 0 radical (unpaired) electrons. The molecule has 0 spiro atoms. The van der Waals surface area contributed by atoms with Gasteiger partial charge in [-0.2, -0.15) is 0 Å². The lowest BCUT2D eigenvalue weighted by Crippen LogP contribution is -2.35. The lowest BCUT2D eigenvalue weighted by atomic mass is 10.1. The summed E-state index contributed by atoms with van der Waals surface area (Å²) < 4.78 is 12.6. The molecule has 0 aromatic carbocycles. The highest BCUT2D eigenvalue weighted by Crippen LogP contribution is 2.18. The molecule has 2 rings (SSSR count). The number of aromatic nitrogens is 2. The second-order valence-corrected chi connectivity index (χ2v) is 3.98. The number of hydrogen-bond acceptors (Lipinski definition) is 3. The van der Waals surface area contributed by atoms with E-state index >= 15 is 0 Å². The summed E-state index contributed by atoms with van der Waals surface area (Å²) in [6.45, 7) is 1.69. The predicted octanol–water partition coefficient (Wildman–Crippen LogP) is 1.82. The average molecular weight is 216 g/mol. The molecule has 14 heavy (non-hydrogen) atoms. The Morgan fingerprint density at radius 3 is 2.43 bits per heavy atom. The summed E-state index contributed by atoms with van der Waals surface area (Å²) >= 11 is 5.97. The third kappa shape index (κ3) is 2.12. The first-order valence-corrected chi connectivity index (χ1v) is 5.06. The summed E-state index contributed by atoms with van der Waals surface area (Å²) in [5.74, 6) is 0.191. The van der Waals surface area contributed by atoms with Gasteiger partial charge in [0.15, 0.2) is 5.82 Å². The van der Waals surface area contributed by atoms with E-state index in [4.69, 9.17) is 11.6 Å². The van der Waals surface area contributed by atoms with Crippen LogP contribution in [0.4, 0.5) is 10.3 Å². The van der Waals surface area contributed by atoms with E-state index < -0.39 is 5.82 Å². The zero-order valence-electron chi connectivity index (χ0n) is 7.66. The highest BCUT2D eigenvalue weighted by molar-refractivity contribution is 6.20. The highest BCUT2D eigenvalue weighted by Gasteiger charge is 2.18. The van der Waals surface area contributed by atoms with Crippen molar-refractivity contribution in [3.8, 4) is 0 Å². The van der Waals surface area contributed by atoms with Crippen LogP contribution in [0, 0.1) is 5.82 Å². The van der Waals surface area contributed by atoms with Gasteiger partial charge in [-0.25, -0.2) is 14.4 Å². The summed E-state index contributed by atoms with van der Waals surface area (Å²) in [6.07, 6.45) is 4.24. The zero-order chi connectivity index (χ0) is 9.97. The average Bonchev–Trinajstić information content (AvgIpc) is 2.21. The van der Waals surface area contributed by atoms with Crippen LogP contribution in [-0.4, -0.2) is 28.4 Å². The molecule has 76 valence electrons. The van der Waals surface area contributed by atoms with Gasteiger partial charge in [-0.05, 0) is 12.8 Å². The van der Waals surface area contributed by atoms with E-state index in [-0.39, 0.29) is 5.38 Å². The van der Waals surface area contributed by atoms with Crippen molar-refractivity contribution in [2.75, 3.05) is 18.0 Å². The van der Waals surface area contributed by atoms with Gasteiger partial charge in [-0.3, -0.25) is 0 Å². The largest absolute Gasteiger partial charge is 0.341 e. The summed E-state index contributed by atoms with van der Waals surface area (Å²) in [4.78, 5) is 9.87. The second kappa shape index (κ2) is 4.09. The van der Waals surface area contributed by atoms with Crippen molar-refractivity contribution in [3.63, 3.8) is 0 Å². The van der Waals surface area contributed by atoms with Crippen LogP contribution in [0.2, 0.25) is 0 Å². The lowest BCUT2D eigenvalue weighted by Gasteiger charge is -2.28. The number of nitrogens with zero attached hydrogens (tertiary/aromatic N) is 3. The molecule has 3 nitrogen and oxygen atoms in total. The Balaban J connectivity index is 2.05. The molecule has 5 heteroatoms. The molecule has 1 aromatic heterocycles. The quantitative estimate of drug-likeness (QED) is 0.670. The molecule has 1 aromatic rings. The van der Waals surface area contributed by atoms with E-state index in [1.165, 1.54) is 12.4 Å². The fourth-order valence-corrected chi connectivity index (χ4v) is 1.71. The Labute approximate surface area is 86.9 Å². The third-order valence-electron chi connectivity index (χ3n) is 2.31. The van der Waals surface area contributed by atoms with Crippen molar-refractivity contribution in [2.45, 2.75) is 18.2 Å². The van der Waals surface area contributed by atoms with Crippen LogP contribution < -0.4 is 4.90 Å². The van der Waals surface area contributed by atoms with Crippen LogP contribution in [-0.2, 0) is 0 Å². The lowest BCUT2D eigenvalue weighted by molar-refractivity contribution is 0.568. The Kier molecular flexibility index (Phi) is 2.82. The smallest absolute Gasteiger partial charge is 0.225 e. The van der Waals surface area contributed by atoms with Crippen LogP contribution in [0.15, 0.2) is 12.4 Å². The molecule has 0 atom stereocenters. The van der Waals surface area contributed by atoms with E-state index in [9.17, 15) is 4.39 Å². The molecule has 2 heterocycles. The van der Waals surface area contributed by atoms with E-state index in [0.717, 1.165) is 25.9 Å². The first-order valence-electron chi connectivity index (χ1n) is 4.62. The molecule has 1 fully saturated rings. The SMILES string of the molecule is Fc1cnc(N2CCC(Cl)CC2)nc1. The van der Waals surface area contributed by atoms with Gasteiger partial charge in [0.25, 0.3) is 0 Å². The van der Waals surface area contributed by atoms with Gasteiger partial charge >= 0.3 is 0 Å². The van der Waals surface area contributed by atoms with Crippen LogP contribution >= 0.6 is 11.6 Å². The number of anilines is 1. The van der Waals surface area contributed by atoms with Crippen molar-refractivity contribution in [1.82, 2.24) is 9.97 Å². The third-order valence-corrected chi connectivity index (χ3v) is 2.75. The maximum atomic E-state index is 12.6. The van der Waals surface area contributed by atoms with Gasteiger partial charge < -0.3 is 4.90 Å². The van der Waals surface area contributed by atoms with Gasteiger partial charge in [0.05, 0.1) is 12.4 Å². The first-order chi connectivity index (χ1) is 6.75. The highest BCUT2D eigenvalue weighted by atomic mass is 35.5. The van der Waals surface area contributed by atoms with E-state index in [2.05, 4.69) is 9.97 Å². The number of halogens is 2. The Morgan fingerprint density at radius 1 is 1.29 bits per heavy atom. The minimum atomic E-state index is -0.402. The first kappa shape index (κ1) is 9.65. The summed E-state index contributed by atoms with van der Waals surface area (Å²) in [5, 5.41) is 0.256. The zero-order valence-corrected chi connectivity index (χ0v) is 8.41. The Hall–Kier alpha value is -0.900. The molecule has 0 unspecified atom stereocenters. The molecule has 0 amide bonds. The van der Waals surface area contributed by atoms with E-state index in [1.54, 1.807) is 0 Å². The fourth-order valence-electron chi connectivity index (χ4n) is 1.52. The van der Waals surface area contributed by atoms with Crippen molar-refractivity contribution >= 4 is 17.5 Å². The molecule has 0 bridgehead atoms. The van der Waals surface area contributed by atoms with Gasteiger partial charge in [-0.1, -0.05) is 0 Å². The topological polar surface area (TPSA) is 29.0 Å². The maximum absolute atomic E-state index is 12.6. The van der Waals surface area contributed by atoms with Crippen LogP contribution in [0.25, 0.3) is 0 Å². The van der Waals surface area contributed by atoms with Gasteiger partial charge in [0.1, 0.15) is 0 Å². The number of alkyl halides is 1. The fraction of sp³-hybridized carbons (Fsp3) is 0.556. The molecular formula is C9H11ClFN3. The van der Waals surface area contributed by atoms with Crippen molar-refractivity contribution in [2.24, 2.45) is 0 Å². The van der Waals surface area contributed by atoms with Gasteiger partial charge in [-0.15, -0.1) is 11.6 Å². The van der Waals surface area contributed by atoms with Crippen LogP contribution in [0.3, 0.4) is 0 Å². The molecule has 1 aliphatic rings. The van der Waals surface area contributed by atoms with Crippen LogP contribution in [0.1, 0.15) is 12.8 Å². The minimum absolute atomic E-state index is 0.256. The molecule has 0 saturated carbocycles. The van der Waals surface area contributed by atoms with Gasteiger partial charge in [0.2, 0.25) is 5.95 Å².